The molecule has 0 atom stereocenters. The fourth-order valence-corrected chi connectivity index (χ4v) is 4.57. The Bertz CT molecular complexity index is 609. The van der Waals surface area contributed by atoms with Gasteiger partial charge in [0, 0.05) is 11.4 Å². The largest absolute Gasteiger partial charge is 0.337 e. The molecule has 0 saturated heterocycles. The summed E-state index contributed by atoms with van der Waals surface area (Å²) in [6.45, 7) is 7.72. The van der Waals surface area contributed by atoms with Gasteiger partial charge >= 0.3 is 0 Å². The maximum atomic E-state index is 12.5. The summed E-state index contributed by atoms with van der Waals surface area (Å²) in [7, 11) is 0. The van der Waals surface area contributed by atoms with Gasteiger partial charge in [-0.15, -0.1) is 21.5 Å². The van der Waals surface area contributed by atoms with Gasteiger partial charge in [-0.05, 0) is 37.3 Å². The van der Waals surface area contributed by atoms with Gasteiger partial charge in [-0.3, -0.25) is 4.79 Å². The predicted molar refractivity (Wildman–Crippen MR) is 94.8 cm³/mol. The maximum absolute atomic E-state index is 12.5. The Labute approximate surface area is 144 Å². The van der Waals surface area contributed by atoms with E-state index in [-0.39, 0.29) is 5.91 Å². The summed E-state index contributed by atoms with van der Waals surface area (Å²) >= 11 is 4.75. The average Bonchev–Trinajstić information content (AvgIpc) is 3.09. The van der Waals surface area contributed by atoms with E-state index in [0.717, 1.165) is 35.3 Å². The van der Waals surface area contributed by atoms with E-state index in [2.05, 4.69) is 35.5 Å². The molecule has 2 heterocycles. The third-order valence-corrected chi connectivity index (χ3v) is 6.23. The number of aryl methyl sites for hydroxylation is 2. The first kappa shape index (κ1) is 17.4. The Kier molecular flexibility index (Phi) is 6.85. The quantitative estimate of drug-likeness (QED) is 0.668. The number of aromatic nitrogens is 2. The lowest BCUT2D eigenvalue weighted by atomic mass is 10.2. The number of thiophene rings is 1. The first-order valence-corrected chi connectivity index (χ1v) is 10.0. The van der Waals surface area contributed by atoms with Crippen molar-refractivity contribution in [3.8, 4) is 0 Å². The van der Waals surface area contributed by atoms with Crippen LogP contribution < -0.4 is 0 Å². The van der Waals surface area contributed by atoms with Gasteiger partial charge in [-0.25, -0.2) is 0 Å². The van der Waals surface area contributed by atoms with E-state index in [4.69, 9.17) is 0 Å². The number of hydrogen-bond donors (Lipinski definition) is 0. The lowest BCUT2D eigenvalue weighted by Gasteiger charge is -2.22. The highest BCUT2D eigenvalue weighted by Crippen LogP contribution is 2.23. The molecule has 0 aliphatic carbocycles. The highest BCUT2D eigenvalue weighted by atomic mass is 32.2. The molecule has 0 radical (unpaired) electrons. The second-order valence-electron chi connectivity index (χ2n) is 5.07. The van der Waals surface area contributed by atoms with Gasteiger partial charge in [0.1, 0.15) is 5.01 Å². The summed E-state index contributed by atoms with van der Waals surface area (Å²) in [5.41, 5.74) is 1.27. The van der Waals surface area contributed by atoms with Crippen LogP contribution in [0, 0.1) is 13.8 Å². The molecule has 0 spiro atoms. The zero-order valence-electron chi connectivity index (χ0n) is 13.2. The number of hydrogen-bond acceptors (Lipinski definition) is 6. The first-order valence-electron chi connectivity index (χ1n) is 7.33. The SMILES string of the molecule is CCCCN(Cc1sccc1C)C(=O)CSc1nnc(C)s1. The molecule has 0 N–H and O–H groups in total. The minimum absolute atomic E-state index is 0.180. The summed E-state index contributed by atoms with van der Waals surface area (Å²) in [5, 5.41) is 11.1. The third kappa shape index (κ3) is 5.07. The van der Waals surface area contributed by atoms with Crippen LogP contribution in [0.25, 0.3) is 0 Å². The molecule has 0 aromatic carbocycles. The summed E-state index contributed by atoms with van der Waals surface area (Å²) in [5.74, 6) is 0.613. The van der Waals surface area contributed by atoms with Gasteiger partial charge in [0.2, 0.25) is 5.91 Å². The van der Waals surface area contributed by atoms with Crippen LogP contribution in [0.2, 0.25) is 0 Å². The fraction of sp³-hybridized carbons (Fsp3) is 0.533. The normalized spacial score (nSPS) is 10.9. The second-order valence-corrected chi connectivity index (χ2v) is 8.48. The smallest absolute Gasteiger partial charge is 0.233 e. The predicted octanol–water partition coefficient (Wildman–Crippen LogP) is 4.14. The number of nitrogens with zero attached hydrogens (tertiary/aromatic N) is 3. The Balaban J connectivity index is 1.94. The van der Waals surface area contributed by atoms with E-state index in [1.54, 1.807) is 11.3 Å². The summed E-state index contributed by atoms with van der Waals surface area (Å²) in [6.07, 6.45) is 2.13. The molecule has 1 amide bonds. The molecule has 0 bridgehead atoms. The van der Waals surface area contributed by atoms with Gasteiger partial charge in [0.15, 0.2) is 4.34 Å². The third-order valence-electron chi connectivity index (χ3n) is 3.26. The van der Waals surface area contributed by atoms with E-state index < -0.39 is 0 Å². The maximum Gasteiger partial charge on any atom is 0.233 e. The van der Waals surface area contributed by atoms with Crippen LogP contribution in [0.4, 0.5) is 0 Å². The Morgan fingerprint density at radius 1 is 1.36 bits per heavy atom. The highest BCUT2D eigenvalue weighted by molar-refractivity contribution is 8.01. The molecule has 2 rings (SSSR count). The van der Waals surface area contributed by atoms with Crippen molar-refractivity contribution in [1.82, 2.24) is 15.1 Å². The molecular weight excluding hydrogens is 334 g/mol. The van der Waals surface area contributed by atoms with E-state index in [1.165, 1.54) is 33.5 Å². The summed E-state index contributed by atoms with van der Waals surface area (Å²) in [6, 6.07) is 2.11. The molecule has 22 heavy (non-hydrogen) atoms. The average molecular weight is 356 g/mol. The van der Waals surface area contributed by atoms with Crippen molar-refractivity contribution in [2.45, 2.75) is 44.5 Å². The molecule has 0 saturated carbocycles. The topological polar surface area (TPSA) is 46.1 Å². The van der Waals surface area contributed by atoms with Crippen LogP contribution in [0.3, 0.4) is 0 Å². The molecule has 7 heteroatoms. The van der Waals surface area contributed by atoms with Crippen molar-refractivity contribution in [1.29, 1.82) is 0 Å². The Morgan fingerprint density at radius 3 is 2.77 bits per heavy atom. The van der Waals surface area contributed by atoms with Gasteiger partial charge in [-0.2, -0.15) is 0 Å². The van der Waals surface area contributed by atoms with Crippen molar-refractivity contribution >= 4 is 40.3 Å². The van der Waals surface area contributed by atoms with Crippen LogP contribution in [0.15, 0.2) is 15.8 Å². The van der Waals surface area contributed by atoms with Gasteiger partial charge in [0.25, 0.3) is 0 Å². The summed E-state index contributed by atoms with van der Waals surface area (Å²) < 4.78 is 0.869. The molecule has 0 unspecified atom stereocenters. The van der Waals surface area contributed by atoms with Crippen LogP contribution in [-0.4, -0.2) is 33.3 Å². The van der Waals surface area contributed by atoms with E-state index >= 15 is 0 Å². The van der Waals surface area contributed by atoms with Crippen LogP contribution in [0.5, 0.6) is 0 Å². The minimum atomic E-state index is 0.180. The minimum Gasteiger partial charge on any atom is -0.337 e. The zero-order valence-corrected chi connectivity index (χ0v) is 15.6. The van der Waals surface area contributed by atoms with Crippen molar-refractivity contribution in [3.63, 3.8) is 0 Å². The Morgan fingerprint density at radius 2 is 2.18 bits per heavy atom. The zero-order chi connectivity index (χ0) is 15.9. The molecular formula is C15H21N3OS3. The standard InChI is InChI=1S/C15H21N3OS3/c1-4-5-7-18(9-13-11(2)6-8-20-13)14(19)10-21-15-17-16-12(3)22-15/h6,8H,4-5,7,9-10H2,1-3H3. The van der Waals surface area contributed by atoms with E-state index in [0.29, 0.717) is 5.75 Å². The molecule has 2 aromatic heterocycles. The van der Waals surface area contributed by atoms with Crippen molar-refractivity contribution in [3.05, 3.63) is 26.9 Å². The summed E-state index contributed by atoms with van der Waals surface area (Å²) in [4.78, 5) is 15.8. The monoisotopic (exact) mass is 355 g/mol. The van der Waals surface area contributed by atoms with Crippen molar-refractivity contribution in [2.24, 2.45) is 0 Å². The first-order chi connectivity index (χ1) is 10.6. The van der Waals surface area contributed by atoms with Gasteiger partial charge in [0.05, 0.1) is 12.3 Å². The molecule has 0 aliphatic rings. The molecule has 4 nitrogen and oxygen atoms in total. The van der Waals surface area contributed by atoms with Crippen molar-refractivity contribution < 1.29 is 4.79 Å². The lowest BCUT2D eigenvalue weighted by Crippen LogP contribution is -2.32. The van der Waals surface area contributed by atoms with Crippen LogP contribution in [-0.2, 0) is 11.3 Å². The number of amides is 1. The second kappa shape index (κ2) is 8.64. The number of thioether (sulfide) groups is 1. The van der Waals surface area contributed by atoms with Crippen LogP contribution >= 0.6 is 34.4 Å². The molecule has 2 aromatic rings. The number of carbonyl (C=O) groups excluding carboxylic acids is 1. The van der Waals surface area contributed by atoms with Crippen molar-refractivity contribution in [2.75, 3.05) is 12.3 Å². The number of rotatable bonds is 8. The number of unbranched alkanes of at least 4 members (excludes halogenated alkanes) is 1. The highest BCUT2D eigenvalue weighted by Gasteiger charge is 2.16. The van der Waals surface area contributed by atoms with Gasteiger partial charge < -0.3 is 4.90 Å². The fourth-order valence-electron chi connectivity index (χ4n) is 1.93. The molecule has 0 aliphatic heterocycles. The molecule has 0 fully saturated rings. The van der Waals surface area contributed by atoms with Crippen LogP contribution in [0.1, 0.15) is 35.2 Å². The Hall–Kier alpha value is -0.920. The van der Waals surface area contributed by atoms with Gasteiger partial charge in [-0.1, -0.05) is 36.4 Å². The molecule has 120 valence electrons. The lowest BCUT2D eigenvalue weighted by molar-refractivity contribution is -0.129. The van der Waals surface area contributed by atoms with E-state index in [9.17, 15) is 4.79 Å². The number of carbonyl (C=O) groups is 1. The van der Waals surface area contributed by atoms with E-state index in [1.807, 2.05) is 11.8 Å².